The average molecular weight is 284 g/mol. The van der Waals surface area contributed by atoms with E-state index in [0.29, 0.717) is 6.04 Å². The van der Waals surface area contributed by atoms with Crippen LogP contribution in [-0.4, -0.2) is 18.1 Å². The van der Waals surface area contributed by atoms with Gasteiger partial charge in [0, 0.05) is 13.1 Å². The predicted octanol–water partition coefficient (Wildman–Crippen LogP) is 2.97. The Morgan fingerprint density at radius 1 is 1.56 bits per heavy atom. The first-order valence-electron chi connectivity index (χ1n) is 5.65. The molecule has 1 atom stereocenters. The number of anilines is 2. The quantitative estimate of drug-likeness (QED) is 0.927. The monoisotopic (exact) mass is 283 g/mol. The largest absolute Gasteiger partial charge is 0.397 e. The molecule has 1 saturated carbocycles. The molecular formula is C12H18BrN3. The highest BCUT2D eigenvalue weighted by Crippen LogP contribution is 2.38. The molecule has 1 heterocycles. The van der Waals surface area contributed by atoms with Gasteiger partial charge in [-0.05, 0) is 54.1 Å². The molecule has 0 bridgehead atoms. The van der Waals surface area contributed by atoms with Crippen LogP contribution in [-0.2, 0) is 0 Å². The molecule has 1 aromatic rings. The van der Waals surface area contributed by atoms with E-state index in [1.54, 1.807) is 6.20 Å². The van der Waals surface area contributed by atoms with Crippen LogP contribution in [0, 0.1) is 12.8 Å². The van der Waals surface area contributed by atoms with Crippen molar-refractivity contribution in [3.63, 3.8) is 0 Å². The molecule has 0 amide bonds. The number of halogens is 1. The molecule has 2 rings (SSSR count). The van der Waals surface area contributed by atoms with Crippen LogP contribution < -0.4 is 10.6 Å². The number of nitrogens with two attached hydrogens (primary N) is 1. The lowest BCUT2D eigenvalue weighted by Crippen LogP contribution is -2.31. The van der Waals surface area contributed by atoms with Crippen molar-refractivity contribution < 1.29 is 0 Å². The molecule has 88 valence electrons. The first-order chi connectivity index (χ1) is 7.52. The zero-order chi connectivity index (χ0) is 11.9. The van der Waals surface area contributed by atoms with Gasteiger partial charge in [0.1, 0.15) is 5.82 Å². The van der Waals surface area contributed by atoms with Crippen molar-refractivity contribution in [2.75, 3.05) is 17.7 Å². The zero-order valence-electron chi connectivity index (χ0n) is 10.00. The molecule has 0 aliphatic heterocycles. The van der Waals surface area contributed by atoms with Crippen LogP contribution >= 0.6 is 15.9 Å². The number of rotatable bonds is 3. The normalized spacial score (nSPS) is 17.2. The Kier molecular flexibility index (Phi) is 3.10. The number of aromatic nitrogens is 1. The van der Waals surface area contributed by atoms with Gasteiger partial charge in [0.2, 0.25) is 0 Å². The fraction of sp³-hybridized carbons (Fsp3) is 0.583. The molecule has 1 aliphatic rings. The Balaban J connectivity index is 2.29. The lowest BCUT2D eigenvalue weighted by atomic mass is 10.2. The third-order valence-electron chi connectivity index (χ3n) is 3.53. The molecule has 1 unspecified atom stereocenters. The van der Waals surface area contributed by atoms with Crippen molar-refractivity contribution in [1.29, 1.82) is 0 Å². The summed E-state index contributed by atoms with van der Waals surface area (Å²) in [4.78, 5) is 6.67. The third kappa shape index (κ3) is 2.03. The molecule has 1 fully saturated rings. The van der Waals surface area contributed by atoms with E-state index in [-0.39, 0.29) is 0 Å². The van der Waals surface area contributed by atoms with E-state index in [0.717, 1.165) is 27.5 Å². The van der Waals surface area contributed by atoms with E-state index in [9.17, 15) is 0 Å². The highest BCUT2D eigenvalue weighted by Gasteiger charge is 2.31. The Morgan fingerprint density at radius 2 is 2.19 bits per heavy atom. The first kappa shape index (κ1) is 11.7. The third-order valence-corrected chi connectivity index (χ3v) is 4.48. The number of pyridine rings is 1. The topological polar surface area (TPSA) is 42.1 Å². The average Bonchev–Trinajstić information content (AvgIpc) is 3.08. The van der Waals surface area contributed by atoms with Crippen LogP contribution in [0.1, 0.15) is 25.3 Å². The van der Waals surface area contributed by atoms with Gasteiger partial charge in [-0.25, -0.2) is 4.98 Å². The fourth-order valence-electron chi connectivity index (χ4n) is 1.91. The van der Waals surface area contributed by atoms with Crippen molar-refractivity contribution in [1.82, 2.24) is 4.98 Å². The summed E-state index contributed by atoms with van der Waals surface area (Å²) < 4.78 is 1.02. The zero-order valence-corrected chi connectivity index (χ0v) is 11.6. The Labute approximate surface area is 105 Å². The summed E-state index contributed by atoms with van der Waals surface area (Å²) in [6.07, 6.45) is 4.43. The summed E-state index contributed by atoms with van der Waals surface area (Å²) in [6, 6.07) is 0.548. The summed E-state index contributed by atoms with van der Waals surface area (Å²) >= 11 is 3.59. The minimum atomic E-state index is 0.548. The summed E-state index contributed by atoms with van der Waals surface area (Å²) in [5, 5.41) is 0. The standard InChI is InChI=1S/C12H18BrN3/c1-7-10(14)6-15-12(11(7)13)16(3)8(2)9-4-5-9/h6,8-9H,4-5,14H2,1-3H3. The molecule has 1 aliphatic carbocycles. The van der Waals surface area contributed by atoms with Gasteiger partial charge in [-0.15, -0.1) is 0 Å². The lowest BCUT2D eigenvalue weighted by Gasteiger charge is -2.27. The van der Waals surface area contributed by atoms with Crippen LogP contribution in [0.15, 0.2) is 10.7 Å². The molecule has 0 aromatic carbocycles. The van der Waals surface area contributed by atoms with Gasteiger partial charge in [-0.2, -0.15) is 0 Å². The van der Waals surface area contributed by atoms with Crippen molar-refractivity contribution in [3.05, 3.63) is 16.2 Å². The van der Waals surface area contributed by atoms with Gasteiger partial charge in [0.15, 0.2) is 0 Å². The van der Waals surface area contributed by atoms with Crippen molar-refractivity contribution in [2.24, 2.45) is 5.92 Å². The predicted molar refractivity (Wildman–Crippen MR) is 71.7 cm³/mol. The Bertz CT molecular complexity index is 401. The van der Waals surface area contributed by atoms with E-state index in [4.69, 9.17) is 5.73 Å². The number of nitrogen functional groups attached to an aromatic ring is 1. The summed E-state index contributed by atoms with van der Waals surface area (Å²) in [7, 11) is 2.10. The van der Waals surface area contributed by atoms with Crippen LogP contribution in [0.2, 0.25) is 0 Å². The Morgan fingerprint density at radius 3 is 2.75 bits per heavy atom. The van der Waals surface area contributed by atoms with Gasteiger partial charge >= 0.3 is 0 Å². The molecule has 0 spiro atoms. The van der Waals surface area contributed by atoms with Crippen LogP contribution in [0.5, 0.6) is 0 Å². The summed E-state index contributed by atoms with van der Waals surface area (Å²) in [5.41, 5.74) is 7.64. The van der Waals surface area contributed by atoms with Crippen molar-refractivity contribution >= 4 is 27.4 Å². The van der Waals surface area contributed by atoms with Crippen LogP contribution in [0.3, 0.4) is 0 Å². The van der Waals surface area contributed by atoms with Gasteiger partial charge < -0.3 is 10.6 Å². The highest BCUT2D eigenvalue weighted by atomic mass is 79.9. The number of hydrogen-bond donors (Lipinski definition) is 1. The first-order valence-corrected chi connectivity index (χ1v) is 6.45. The fourth-order valence-corrected chi connectivity index (χ4v) is 2.52. The maximum Gasteiger partial charge on any atom is 0.143 e. The Hall–Kier alpha value is -0.770. The minimum absolute atomic E-state index is 0.548. The maximum absolute atomic E-state index is 5.83. The molecule has 4 heteroatoms. The van der Waals surface area contributed by atoms with Crippen molar-refractivity contribution in [3.8, 4) is 0 Å². The van der Waals surface area contributed by atoms with Gasteiger partial charge in [-0.1, -0.05) is 0 Å². The van der Waals surface area contributed by atoms with Gasteiger partial charge in [0.05, 0.1) is 16.4 Å². The molecule has 3 nitrogen and oxygen atoms in total. The van der Waals surface area contributed by atoms with Gasteiger partial charge in [-0.3, -0.25) is 0 Å². The molecular weight excluding hydrogens is 266 g/mol. The van der Waals surface area contributed by atoms with E-state index in [2.05, 4.69) is 39.8 Å². The van der Waals surface area contributed by atoms with Crippen molar-refractivity contribution in [2.45, 2.75) is 32.7 Å². The molecule has 1 aromatic heterocycles. The molecule has 2 N–H and O–H groups in total. The molecule has 16 heavy (non-hydrogen) atoms. The smallest absolute Gasteiger partial charge is 0.143 e. The molecule has 0 saturated heterocycles. The second kappa shape index (κ2) is 4.24. The second-order valence-corrected chi connectivity index (χ2v) is 5.46. The second-order valence-electron chi connectivity index (χ2n) is 4.67. The van der Waals surface area contributed by atoms with Gasteiger partial charge in [0.25, 0.3) is 0 Å². The number of hydrogen-bond acceptors (Lipinski definition) is 3. The summed E-state index contributed by atoms with van der Waals surface area (Å²) in [6.45, 7) is 4.28. The van der Waals surface area contributed by atoms with E-state index in [1.807, 2.05) is 6.92 Å². The lowest BCUT2D eigenvalue weighted by molar-refractivity contribution is 0.603. The molecule has 0 radical (unpaired) electrons. The number of nitrogens with zero attached hydrogens (tertiary/aromatic N) is 2. The van der Waals surface area contributed by atoms with Crippen LogP contribution in [0.25, 0.3) is 0 Å². The van der Waals surface area contributed by atoms with Crippen LogP contribution in [0.4, 0.5) is 11.5 Å². The minimum Gasteiger partial charge on any atom is -0.397 e. The highest BCUT2D eigenvalue weighted by molar-refractivity contribution is 9.10. The SMILES string of the molecule is Cc1c(N)cnc(N(C)C(C)C2CC2)c1Br. The summed E-state index contributed by atoms with van der Waals surface area (Å²) in [5.74, 6) is 1.82. The van der Waals surface area contributed by atoms with E-state index in [1.165, 1.54) is 12.8 Å². The van der Waals surface area contributed by atoms with E-state index >= 15 is 0 Å². The van der Waals surface area contributed by atoms with E-state index < -0.39 is 0 Å². The maximum atomic E-state index is 5.83.